The number of benzene rings is 2. The molecule has 0 fully saturated rings. The van der Waals surface area contributed by atoms with Crippen LogP contribution in [0.3, 0.4) is 0 Å². The van der Waals surface area contributed by atoms with Crippen molar-refractivity contribution < 1.29 is 14.3 Å². The lowest BCUT2D eigenvalue weighted by atomic mass is 10.1. The monoisotopic (exact) mass is 404 g/mol. The summed E-state index contributed by atoms with van der Waals surface area (Å²) >= 11 is 7.83. The second kappa shape index (κ2) is 8.15. The van der Waals surface area contributed by atoms with Gasteiger partial charge in [0.1, 0.15) is 0 Å². The number of hydrogen-bond acceptors (Lipinski definition) is 5. The van der Waals surface area contributed by atoms with Crippen LogP contribution in [0.4, 0.5) is 5.13 Å². The Morgan fingerprint density at radius 3 is 2.70 bits per heavy atom. The van der Waals surface area contributed by atoms with Crippen LogP contribution in [0.5, 0.6) is 11.5 Å². The first-order chi connectivity index (χ1) is 12.9. The van der Waals surface area contributed by atoms with Crippen LogP contribution in [0, 0.1) is 5.92 Å². The zero-order valence-electron chi connectivity index (χ0n) is 15.7. The minimum absolute atomic E-state index is 0.218. The fourth-order valence-electron chi connectivity index (χ4n) is 2.52. The molecule has 0 aliphatic rings. The summed E-state index contributed by atoms with van der Waals surface area (Å²) in [6.45, 7) is 4.60. The molecule has 3 rings (SSSR count). The topological polar surface area (TPSA) is 51.7 Å². The number of anilines is 1. The van der Waals surface area contributed by atoms with Crippen molar-refractivity contribution in [2.45, 2.75) is 13.8 Å². The highest BCUT2D eigenvalue weighted by Gasteiger charge is 2.21. The SMILES string of the molecule is COc1cc(C(=O)N(C)c2nc3ccccc3s2)cc(Cl)c1OCC(C)C. The van der Waals surface area contributed by atoms with Crippen molar-refractivity contribution in [1.82, 2.24) is 4.98 Å². The number of carbonyl (C=O) groups excluding carboxylic acids is 1. The van der Waals surface area contributed by atoms with E-state index in [-0.39, 0.29) is 5.91 Å². The van der Waals surface area contributed by atoms with Gasteiger partial charge in [0.25, 0.3) is 5.91 Å². The van der Waals surface area contributed by atoms with Crippen molar-refractivity contribution >= 4 is 44.2 Å². The Bertz CT molecular complexity index is 938. The lowest BCUT2D eigenvalue weighted by molar-refractivity contribution is 0.0992. The van der Waals surface area contributed by atoms with Gasteiger partial charge in [0.05, 0.1) is 29.0 Å². The number of thiazole rings is 1. The van der Waals surface area contributed by atoms with Crippen molar-refractivity contribution in [2.75, 3.05) is 25.7 Å². The predicted octanol–water partition coefficient (Wildman–Crippen LogP) is 5.27. The summed E-state index contributed by atoms with van der Waals surface area (Å²) in [6.07, 6.45) is 0. The molecule has 0 bridgehead atoms. The van der Waals surface area contributed by atoms with Gasteiger partial charge < -0.3 is 9.47 Å². The Morgan fingerprint density at radius 2 is 2.04 bits per heavy atom. The van der Waals surface area contributed by atoms with E-state index in [1.807, 2.05) is 38.1 Å². The molecular weight excluding hydrogens is 384 g/mol. The number of nitrogens with zero attached hydrogens (tertiary/aromatic N) is 2. The van der Waals surface area contributed by atoms with E-state index in [9.17, 15) is 4.79 Å². The number of fused-ring (bicyclic) bond motifs is 1. The number of amides is 1. The van der Waals surface area contributed by atoms with Gasteiger partial charge in [-0.1, -0.05) is 48.9 Å². The predicted molar refractivity (Wildman–Crippen MR) is 111 cm³/mol. The van der Waals surface area contributed by atoms with Crippen molar-refractivity contribution in [1.29, 1.82) is 0 Å². The number of hydrogen-bond donors (Lipinski definition) is 0. The summed E-state index contributed by atoms with van der Waals surface area (Å²) in [5, 5.41) is 0.965. The van der Waals surface area contributed by atoms with Crippen LogP contribution < -0.4 is 14.4 Å². The Hall–Kier alpha value is -2.31. The maximum absolute atomic E-state index is 13.0. The van der Waals surface area contributed by atoms with Crippen molar-refractivity contribution in [2.24, 2.45) is 5.92 Å². The Morgan fingerprint density at radius 1 is 1.30 bits per heavy atom. The van der Waals surface area contributed by atoms with Gasteiger partial charge in [-0.05, 0) is 30.2 Å². The van der Waals surface area contributed by atoms with E-state index in [0.29, 0.717) is 39.7 Å². The molecule has 0 N–H and O–H groups in total. The van der Waals surface area contributed by atoms with Gasteiger partial charge in [-0.3, -0.25) is 9.69 Å². The Labute approximate surface area is 167 Å². The molecule has 0 aliphatic heterocycles. The number of methoxy groups -OCH3 is 1. The minimum Gasteiger partial charge on any atom is -0.493 e. The highest BCUT2D eigenvalue weighted by molar-refractivity contribution is 7.22. The summed E-state index contributed by atoms with van der Waals surface area (Å²) in [4.78, 5) is 19.0. The molecule has 2 aromatic carbocycles. The molecule has 1 amide bonds. The van der Waals surface area contributed by atoms with Crippen molar-refractivity contribution in [3.63, 3.8) is 0 Å². The van der Waals surface area contributed by atoms with Crippen LogP contribution in [0.25, 0.3) is 10.2 Å². The van der Waals surface area contributed by atoms with Crippen molar-refractivity contribution in [3.05, 3.63) is 47.0 Å². The second-order valence-corrected chi connectivity index (χ2v) is 7.94. The number of ether oxygens (including phenoxy) is 2. The van der Waals surface area contributed by atoms with Gasteiger partial charge >= 0.3 is 0 Å². The third-order valence-electron chi connectivity index (χ3n) is 3.91. The first kappa shape index (κ1) is 19.5. The molecule has 0 aliphatic carbocycles. The number of carbonyl (C=O) groups is 1. The first-order valence-electron chi connectivity index (χ1n) is 8.54. The zero-order chi connectivity index (χ0) is 19.6. The molecule has 1 aromatic heterocycles. The maximum atomic E-state index is 13.0. The van der Waals surface area contributed by atoms with Crippen LogP contribution in [-0.4, -0.2) is 31.7 Å². The average Bonchev–Trinajstić information content (AvgIpc) is 3.09. The third-order valence-corrected chi connectivity index (χ3v) is 5.31. The molecule has 0 saturated carbocycles. The standard InChI is InChI=1S/C20H21ClN2O3S/c1-12(2)11-26-18-14(21)9-13(10-16(18)25-4)19(24)23(3)20-22-15-7-5-6-8-17(15)27-20/h5-10,12H,11H2,1-4H3. The van der Waals surface area contributed by atoms with Gasteiger partial charge in [0.2, 0.25) is 0 Å². The van der Waals surface area contributed by atoms with E-state index in [0.717, 1.165) is 10.2 Å². The molecule has 0 atom stereocenters. The molecule has 142 valence electrons. The Balaban J connectivity index is 1.90. The van der Waals surface area contributed by atoms with Crippen LogP contribution in [0.15, 0.2) is 36.4 Å². The highest BCUT2D eigenvalue weighted by Crippen LogP contribution is 2.37. The molecule has 27 heavy (non-hydrogen) atoms. The van der Waals surface area contributed by atoms with E-state index in [4.69, 9.17) is 21.1 Å². The summed E-state index contributed by atoms with van der Waals surface area (Å²) < 4.78 is 12.2. The molecule has 3 aromatic rings. The largest absolute Gasteiger partial charge is 0.493 e. The smallest absolute Gasteiger partial charge is 0.259 e. The summed E-state index contributed by atoms with van der Waals surface area (Å²) in [5.74, 6) is 1.01. The molecule has 0 saturated heterocycles. The highest BCUT2D eigenvalue weighted by atomic mass is 35.5. The van der Waals surface area contributed by atoms with Crippen molar-refractivity contribution in [3.8, 4) is 11.5 Å². The number of halogens is 1. The number of rotatable bonds is 6. The molecule has 0 unspecified atom stereocenters. The van der Waals surface area contributed by atoms with Gasteiger partial charge in [-0.2, -0.15) is 0 Å². The normalized spacial score (nSPS) is 11.0. The molecule has 1 heterocycles. The number of para-hydroxylation sites is 1. The van der Waals surface area contributed by atoms with Crippen LogP contribution in [0.2, 0.25) is 5.02 Å². The summed E-state index contributed by atoms with van der Waals surface area (Å²) in [6, 6.07) is 11.0. The van der Waals surface area contributed by atoms with Gasteiger partial charge in [0.15, 0.2) is 16.6 Å². The Kier molecular flexibility index (Phi) is 5.87. The van der Waals surface area contributed by atoms with Crippen LogP contribution in [0.1, 0.15) is 24.2 Å². The fraction of sp³-hybridized carbons (Fsp3) is 0.300. The number of aromatic nitrogens is 1. The average molecular weight is 405 g/mol. The van der Waals surface area contributed by atoms with E-state index < -0.39 is 0 Å². The van der Waals surface area contributed by atoms with E-state index >= 15 is 0 Å². The first-order valence-corrected chi connectivity index (χ1v) is 9.74. The van der Waals surface area contributed by atoms with E-state index in [1.54, 1.807) is 19.2 Å². The lowest BCUT2D eigenvalue weighted by Gasteiger charge is -2.17. The van der Waals surface area contributed by atoms with E-state index in [1.165, 1.54) is 23.3 Å². The molecule has 5 nitrogen and oxygen atoms in total. The van der Waals surface area contributed by atoms with E-state index in [2.05, 4.69) is 4.98 Å². The summed E-state index contributed by atoms with van der Waals surface area (Å²) in [7, 11) is 3.23. The van der Waals surface area contributed by atoms with Gasteiger partial charge in [0, 0.05) is 12.6 Å². The quantitative estimate of drug-likeness (QED) is 0.561. The molecule has 7 heteroatoms. The molecule has 0 spiro atoms. The zero-order valence-corrected chi connectivity index (χ0v) is 17.2. The fourth-order valence-corrected chi connectivity index (χ4v) is 3.71. The molecular formula is C20H21ClN2O3S. The maximum Gasteiger partial charge on any atom is 0.259 e. The van der Waals surface area contributed by atoms with Crippen LogP contribution in [-0.2, 0) is 0 Å². The lowest BCUT2D eigenvalue weighted by Crippen LogP contribution is -2.26. The van der Waals surface area contributed by atoms with Gasteiger partial charge in [-0.25, -0.2) is 4.98 Å². The van der Waals surface area contributed by atoms with Gasteiger partial charge in [-0.15, -0.1) is 0 Å². The molecule has 0 radical (unpaired) electrons. The summed E-state index contributed by atoms with van der Waals surface area (Å²) in [5.41, 5.74) is 1.28. The third kappa shape index (κ3) is 4.17. The second-order valence-electron chi connectivity index (χ2n) is 6.52. The van der Waals surface area contributed by atoms with Crippen LogP contribution >= 0.6 is 22.9 Å². The minimum atomic E-state index is -0.218.